The molecule has 0 amide bonds. The topological polar surface area (TPSA) is 38.2 Å². The van der Waals surface area contributed by atoms with Crippen LogP contribution in [0, 0.1) is 17.6 Å². The first-order valence-corrected chi connectivity index (χ1v) is 8.37. The first-order chi connectivity index (χ1) is 11.7. The monoisotopic (exact) mass is 331 g/mol. The van der Waals surface area contributed by atoms with Crippen LogP contribution < -0.4 is 4.74 Å². The third kappa shape index (κ3) is 3.11. The average Bonchev–Trinajstić information content (AvgIpc) is 2.61. The molecule has 2 fully saturated rings. The van der Waals surface area contributed by atoms with E-state index in [2.05, 4.69) is 15.1 Å². The fourth-order valence-corrected chi connectivity index (χ4v) is 3.65. The lowest BCUT2D eigenvalue weighted by molar-refractivity contribution is 0.0123. The van der Waals surface area contributed by atoms with Crippen molar-refractivity contribution in [3.63, 3.8) is 0 Å². The predicted octanol–water partition coefficient (Wildman–Crippen LogP) is 3.28. The van der Waals surface area contributed by atoms with Gasteiger partial charge in [-0.25, -0.2) is 8.78 Å². The number of hydrogen-bond donors (Lipinski definition) is 0. The van der Waals surface area contributed by atoms with Crippen molar-refractivity contribution in [1.82, 2.24) is 15.1 Å². The molecular weight excluding hydrogens is 312 g/mol. The van der Waals surface area contributed by atoms with Crippen LogP contribution in [0.1, 0.15) is 19.3 Å². The zero-order valence-corrected chi connectivity index (χ0v) is 13.3. The maximum Gasteiger partial charge on any atom is 0.233 e. The SMILES string of the molecule is Fc1ccc(-c2ccc(O[C@H]3CCN4CCC[C@H]3C4)nn2)cc1F. The van der Waals surface area contributed by atoms with Gasteiger partial charge in [0.15, 0.2) is 11.6 Å². The van der Waals surface area contributed by atoms with E-state index >= 15 is 0 Å². The predicted molar refractivity (Wildman–Crippen MR) is 85.6 cm³/mol. The molecule has 1 unspecified atom stereocenters. The van der Waals surface area contributed by atoms with Gasteiger partial charge in [0.1, 0.15) is 6.10 Å². The summed E-state index contributed by atoms with van der Waals surface area (Å²) in [7, 11) is 0. The summed E-state index contributed by atoms with van der Waals surface area (Å²) in [5, 5.41) is 8.20. The molecule has 1 aromatic heterocycles. The number of hydrogen-bond acceptors (Lipinski definition) is 4. The Labute approximate surface area is 139 Å². The van der Waals surface area contributed by atoms with Gasteiger partial charge in [-0.2, -0.15) is 0 Å². The Kier molecular flexibility index (Phi) is 4.14. The van der Waals surface area contributed by atoms with Gasteiger partial charge >= 0.3 is 0 Å². The van der Waals surface area contributed by atoms with E-state index in [1.165, 1.54) is 25.5 Å². The summed E-state index contributed by atoms with van der Waals surface area (Å²) in [5.74, 6) is -0.713. The van der Waals surface area contributed by atoms with E-state index in [4.69, 9.17) is 4.74 Å². The van der Waals surface area contributed by atoms with Crippen LogP contribution in [0.15, 0.2) is 30.3 Å². The Balaban J connectivity index is 1.46. The van der Waals surface area contributed by atoms with E-state index in [0.717, 1.165) is 31.6 Å². The van der Waals surface area contributed by atoms with Crippen LogP contribution in [0.25, 0.3) is 11.3 Å². The molecule has 0 radical (unpaired) electrons. The Morgan fingerprint density at radius 2 is 1.92 bits per heavy atom. The van der Waals surface area contributed by atoms with Crippen molar-refractivity contribution in [2.45, 2.75) is 25.4 Å². The van der Waals surface area contributed by atoms with E-state index in [9.17, 15) is 8.78 Å². The highest BCUT2D eigenvalue weighted by Gasteiger charge is 2.33. The van der Waals surface area contributed by atoms with Crippen LogP contribution in [-0.2, 0) is 0 Å². The van der Waals surface area contributed by atoms with Gasteiger partial charge in [0.25, 0.3) is 0 Å². The van der Waals surface area contributed by atoms with Crippen LogP contribution in [0.2, 0.25) is 0 Å². The zero-order chi connectivity index (χ0) is 16.5. The molecule has 2 bridgehead atoms. The lowest BCUT2D eigenvalue weighted by atomic mass is 9.87. The summed E-state index contributed by atoms with van der Waals surface area (Å²) >= 11 is 0. The number of benzene rings is 1. The minimum absolute atomic E-state index is 0.185. The summed E-state index contributed by atoms with van der Waals surface area (Å²) < 4.78 is 32.4. The molecule has 1 aromatic carbocycles. The van der Waals surface area contributed by atoms with E-state index in [0.29, 0.717) is 23.1 Å². The summed E-state index contributed by atoms with van der Waals surface area (Å²) in [5.41, 5.74) is 0.988. The maximum atomic E-state index is 13.3. The van der Waals surface area contributed by atoms with Gasteiger partial charge in [-0.05, 0) is 50.1 Å². The first kappa shape index (κ1) is 15.4. The van der Waals surface area contributed by atoms with E-state index in [1.54, 1.807) is 12.1 Å². The van der Waals surface area contributed by atoms with E-state index < -0.39 is 11.6 Å². The van der Waals surface area contributed by atoms with Gasteiger partial charge in [-0.15, -0.1) is 10.2 Å². The van der Waals surface area contributed by atoms with Crippen LogP contribution in [0.5, 0.6) is 5.88 Å². The summed E-state index contributed by atoms with van der Waals surface area (Å²) in [4.78, 5) is 2.49. The van der Waals surface area contributed by atoms with E-state index in [1.807, 2.05) is 0 Å². The Hall–Kier alpha value is -2.08. The van der Waals surface area contributed by atoms with Gasteiger partial charge in [0.05, 0.1) is 5.69 Å². The van der Waals surface area contributed by atoms with Crippen molar-refractivity contribution in [3.05, 3.63) is 42.0 Å². The molecule has 0 N–H and O–H groups in total. The fourth-order valence-electron chi connectivity index (χ4n) is 3.65. The third-order valence-corrected chi connectivity index (χ3v) is 4.93. The quantitative estimate of drug-likeness (QED) is 0.865. The standard InChI is InChI=1S/C18H19F2N3O/c19-14-4-3-12(10-15(14)20)16-5-6-18(22-21-16)24-17-7-9-23-8-1-2-13(17)11-23/h3-6,10,13,17H,1-2,7-9,11H2/t13-,17-/m0/s1. The van der Waals surface area contributed by atoms with Crippen molar-refractivity contribution >= 4 is 0 Å². The molecule has 2 aromatic rings. The largest absolute Gasteiger partial charge is 0.473 e. The molecule has 4 rings (SSSR count). The molecule has 0 spiro atoms. The van der Waals surface area contributed by atoms with Crippen molar-refractivity contribution < 1.29 is 13.5 Å². The Bertz CT molecular complexity index is 723. The number of nitrogens with zero attached hydrogens (tertiary/aromatic N) is 3. The number of ether oxygens (including phenoxy) is 1. The molecule has 2 aliphatic rings. The fraction of sp³-hybridized carbons (Fsp3) is 0.444. The van der Waals surface area contributed by atoms with Gasteiger partial charge in [-0.3, -0.25) is 0 Å². The smallest absolute Gasteiger partial charge is 0.233 e. The minimum atomic E-state index is -0.890. The Morgan fingerprint density at radius 3 is 2.71 bits per heavy atom. The highest BCUT2D eigenvalue weighted by molar-refractivity contribution is 5.58. The van der Waals surface area contributed by atoms with Gasteiger partial charge in [0.2, 0.25) is 5.88 Å². The number of fused-ring (bicyclic) bond motifs is 2. The van der Waals surface area contributed by atoms with Crippen LogP contribution in [0.4, 0.5) is 8.78 Å². The summed E-state index contributed by atoms with van der Waals surface area (Å²) in [6.07, 6.45) is 3.62. The van der Waals surface area contributed by atoms with Gasteiger partial charge < -0.3 is 9.64 Å². The van der Waals surface area contributed by atoms with Crippen molar-refractivity contribution in [2.24, 2.45) is 5.92 Å². The molecule has 126 valence electrons. The molecule has 3 heterocycles. The van der Waals surface area contributed by atoms with E-state index in [-0.39, 0.29) is 6.10 Å². The molecule has 3 atom stereocenters. The van der Waals surface area contributed by atoms with Crippen LogP contribution >= 0.6 is 0 Å². The molecule has 4 nitrogen and oxygen atoms in total. The average molecular weight is 331 g/mol. The van der Waals surface area contributed by atoms with Crippen LogP contribution in [0.3, 0.4) is 0 Å². The molecular formula is C18H19F2N3O. The lowest BCUT2D eigenvalue weighted by Gasteiger charge is -2.42. The highest BCUT2D eigenvalue weighted by Crippen LogP contribution is 2.29. The second kappa shape index (κ2) is 6.43. The second-order valence-electron chi connectivity index (χ2n) is 6.53. The zero-order valence-electron chi connectivity index (χ0n) is 13.3. The number of halogens is 2. The molecule has 6 heteroatoms. The van der Waals surface area contributed by atoms with Crippen LogP contribution in [-0.4, -0.2) is 40.8 Å². The number of rotatable bonds is 3. The minimum Gasteiger partial charge on any atom is -0.473 e. The summed E-state index contributed by atoms with van der Waals surface area (Å²) in [6, 6.07) is 7.18. The van der Waals surface area contributed by atoms with Gasteiger partial charge in [-0.1, -0.05) is 0 Å². The summed E-state index contributed by atoms with van der Waals surface area (Å²) in [6.45, 7) is 3.37. The van der Waals surface area contributed by atoms with Crippen molar-refractivity contribution in [3.8, 4) is 17.1 Å². The Morgan fingerprint density at radius 1 is 1.00 bits per heavy atom. The van der Waals surface area contributed by atoms with Crippen molar-refractivity contribution in [1.29, 1.82) is 0 Å². The molecule has 2 aliphatic heterocycles. The molecule has 0 aliphatic carbocycles. The molecule has 2 saturated heterocycles. The third-order valence-electron chi connectivity index (χ3n) is 4.93. The number of aromatic nitrogens is 2. The highest BCUT2D eigenvalue weighted by atomic mass is 19.2. The van der Waals surface area contributed by atoms with Crippen molar-refractivity contribution in [2.75, 3.05) is 19.6 Å². The first-order valence-electron chi connectivity index (χ1n) is 8.37. The number of piperidine rings is 2. The molecule has 0 saturated carbocycles. The van der Waals surface area contributed by atoms with Gasteiger partial charge in [0, 0.05) is 30.6 Å². The normalized spacial score (nSPS) is 26.2. The molecule has 24 heavy (non-hydrogen) atoms. The second-order valence-corrected chi connectivity index (χ2v) is 6.53. The lowest BCUT2D eigenvalue weighted by Crippen LogP contribution is -2.49. The maximum absolute atomic E-state index is 13.3.